The molecule has 0 aliphatic carbocycles. The van der Waals surface area contributed by atoms with Crippen LogP contribution in [0.1, 0.15) is 50.2 Å². The molecule has 2 unspecified atom stereocenters. The lowest BCUT2D eigenvalue weighted by molar-refractivity contribution is 0.102. The van der Waals surface area contributed by atoms with Gasteiger partial charge in [-0.25, -0.2) is 4.98 Å². The van der Waals surface area contributed by atoms with Crippen molar-refractivity contribution in [3.05, 3.63) is 34.8 Å². The minimum absolute atomic E-state index is 0.199. The van der Waals surface area contributed by atoms with Crippen LogP contribution in [0, 0.1) is 11.8 Å². The molecule has 6 nitrogen and oxygen atoms in total. The molecule has 1 amide bonds. The summed E-state index contributed by atoms with van der Waals surface area (Å²) in [7, 11) is 0. The lowest BCUT2D eigenvalue weighted by Gasteiger charge is -2.34. The molecule has 2 heterocycles. The first-order valence-corrected chi connectivity index (χ1v) is 11.2. The number of aromatic nitrogens is 1. The summed E-state index contributed by atoms with van der Waals surface area (Å²) >= 11 is 1.46. The molecule has 1 saturated heterocycles. The predicted molar refractivity (Wildman–Crippen MR) is 117 cm³/mol. The smallest absolute Gasteiger partial charge is 0.257 e. The summed E-state index contributed by atoms with van der Waals surface area (Å²) in [6.45, 7) is 12.5. The zero-order valence-electron chi connectivity index (χ0n) is 17.7. The summed E-state index contributed by atoms with van der Waals surface area (Å²) in [5.74, 6) is 2.46. The summed E-state index contributed by atoms with van der Waals surface area (Å²) in [6.07, 6.45) is 1.29. The van der Waals surface area contributed by atoms with Gasteiger partial charge in [-0.3, -0.25) is 15.0 Å². The standard InChI is InChI=1S/C22H31N3O3S/c1-5-27-19-8-7-17(10-20(19)28-6-2)21(26)24-22-23-18(14-29-22)13-25-11-15(3)9-16(4)12-25/h7-8,10,14-16H,5-6,9,11-13H2,1-4H3,(H,23,24,26). The molecule has 2 atom stereocenters. The maximum absolute atomic E-state index is 12.7. The van der Waals surface area contributed by atoms with Crippen molar-refractivity contribution in [3.63, 3.8) is 0 Å². The predicted octanol–water partition coefficient (Wildman–Crippen LogP) is 4.67. The highest BCUT2D eigenvalue weighted by Crippen LogP contribution is 2.29. The van der Waals surface area contributed by atoms with Crippen molar-refractivity contribution in [1.29, 1.82) is 0 Å². The lowest BCUT2D eigenvalue weighted by Crippen LogP contribution is -2.38. The van der Waals surface area contributed by atoms with Crippen molar-refractivity contribution < 1.29 is 14.3 Å². The summed E-state index contributed by atoms with van der Waals surface area (Å²) in [5, 5.41) is 5.56. The maximum Gasteiger partial charge on any atom is 0.257 e. The van der Waals surface area contributed by atoms with Gasteiger partial charge in [0.1, 0.15) is 0 Å². The van der Waals surface area contributed by atoms with Gasteiger partial charge in [-0.15, -0.1) is 11.3 Å². The number of anilines is 1. The Morgan fingerprint density at radius 3 is 2.55 bits per heavy atom. The third-order valence-electron chi connectivity index (χ3n) is 4.91. The number of ether oxygens (including phenoxy) is 2. The molecule has 7 heteroatoms. The van der Waals surface area contributed by atoms with Gasteiger partial charge in [0.05, 0.1) is 18.9 Å². The molecule has 3 rings (SSSR count). The van der Waals surface area contributed by atoms with Crippen LogP contribution in [-0.2, 0) is 6.54 Å². The number of hydrogen-bond donors (Lipinski definition) is 1. The molecule has 1 N–H and O–H groups in total. The number of piperidine rings is 1. The van der Waals surface area contributed by atoms with E-state index in [1.165, 1.54) is 17.8 Å². The van der Waals surface area contributed by atoms with Gasteiger partial charge in [0.2, 0.25) is 0 Å². The topological polar surface area (TPSA) is 63.7 Å². The third kappa shape index (κ3) is 5.93. The zero-order chi connectivity index (χ0) is 20.8. The Bertz CT molecular complexity index is 813. The molecule has 0 saturated carbocycles. The average Bonchev–Trinajstić information content (AvgIpc) is 3.09. The lowest BCUT2D eigenvalue weighted by atomic mass is 9.92. The minimum Gasteiger partial charge on any atom is -0.490 e. The summed E-state index contributed by atoms with van der Waals surface area (Å²) < 4.78 is 11.2. The van der Waals surface area contributed by atoms with Crippen LogP contribution in [0.5, 0.6) is 11.5 Å². The molecular formula is C22H31N3O3S. The summed E-state index contributed by atoms with van der Waals surface area (Å²) in [5.41, 5.74) is 1.53. The number of hydrogen-bond acceptors (Lipinski definition) is 6. The van der Waals surface area contributed by atoms with Crippen LogP contribution in [0.3, 0.4) is 0 Å². The number of nitrogens with one attached hydrogen (secondary N) is 1. The molecule has 1 fully saturated rings. The average molecular weight is 418 g/mol. The number of likely N-dealkylation sites (tertiary alicyclic amines) is 1. The molecule has 1 aliphatic heterocycles. The Hall–Kier alpha value is -2.12. The van der Waals surface area contributed by atoms with Gasteiger partial charge in [0.15, 0.2) is 16.6 Å². The molecule has 1 aromatic heterocycles. The van der Waals surface area contributed by atoms with E-state index in [9.17, 15) is 4.79 Å². The van der Waals surface area contributed by atoms with Gasteiger partial charge in [-0.05, 0) is 50.3 Å². The third-order valence-corrected chi connectivity index (χ3v) is 5.71. The fraction of sp³-hybridized carbons (Fsp3) is 0.545. The number of thiazole rings is 1. The zero-order valence-corrected chi connectivity index (χ0v) is 18.6. The van der Waals surface area contributed by atoms with Gasteiger partial charge >= 0.3 is 0 Å². The quantitative estimate of drug-likeness (QED) is 0.676. The Morgan fingerprint density at radius 2 is 1.86 bits per heavy atom. The Kier molecular flexibility index (Phi) is 7.50. The van der Waals surface area contributed by atoms with Gasteiger partial charge in [0, 0.05) is 30.6 Å². The fourth-order valence-corrected chi connectivity index (χ4v) is 4.65. The van der Waals surface area contributed by atoms with Gasteiger partial charge < -0.3 is 9.47 Å². The van der Waals surface area contributed by atoms with E-state index in [0.29, 0.717) is 35.4 Å². The van der Waals surface area contributed by atoms with E-state index >= 15 is 0 Å². The number of carbonyl (C=O) groups is 1. The monoisotopic (exact) mass is 417 g/mol. The number of carbonyl (C=O) groups excluding carboxylic acids is 1. The molecule has 2 aromatic rings. The van der Waals surface area contributed by atoms with Crippen LogP contribution in [-0.4, -0.2) is 42.1 Å². The van der Waals surface area contributed by atoms with Crippen molar-refractivity contribution in [2.75, 3.05) is 31.6 Å². The van der Waals surface area contributed by atoms with Crippen molar-refractivity contribution in [2.45, 2.75) is 40.7 Å². The second-order valence-corrected chi connectivity index (χ2v) is 8.62. The highest BCUT2D eigenvalue weighted by Gasteiger charge is 2.22. The Labute approximate surface area is 177 Å². The van der Waals surface area contributed by atoms with Crippen LogP contribution in [0.25, 0.3) is 0 Å². The Balaban J connectivity index is 1.63. The van der Waals surface area contributed by atoms with E-state index in [2.05, 4.69) is 29.0 Å². The van der Waals surface area contributed by atoms with Crippen molar-refractivity contribution >= 4 is 22.4 Å². The minimum atomic E-state index is -0.199. The summed E-state index contributed by atoms with van der Waals surface area (Å²) in [4.78, 5) is 19.7. The van der Waals surface area contributed by atoms with Crippen LogP contribution in [0.4, 0.5) is 5.13 Å². The first kappa shape index (κ1) is 21.6. The van der Waals surface area contributed by atoms with Crippen molar-refractivity contribution in [3.8, 4) is 11.5 Å². The first-order valence-electron chi connectivity index (χ1n) is 10.4. The van der Waals surface area contributed by atoms with E-state index in [0.717, 1.165) is 37.2 Å². The molecule has 158 valence electrons. The van der Waals surface area contributed by atoms with Crippen molar-refractivity contribution in [2.24, 2.45) is 11.8 Å². The highest BCUT2D eigenvalue weighted by molar-refractivity contribution is 7.13. The van der Waals surface area contributed by atoms with Crippen LogP contribution in [0.2, 0.25) is 0 Å². The number of rotatable bonds is 8. The molecule has 1 aliphatic rings. The maximum atomic E-state index is 12.7. The molecule has 0 spiro atoms. The number of nitrogens with zero attached hydrogens (tertiary/aromatic N) is 2. The van der Waals surface area contributed by atoms with Gasteiger partial charge in [-0.1, -0.05) is 13.8 Å². The number of amides is 1. The summed E-state index contributed by atoms with van der Waals surface area (Å²) in [6, 6.07) is 5.23. The van der Waals surface area contributed by atoms with Crippen LogP contribution >= 0.6 is 11.3 Å². The van der Waals surface area contributed by atoms with Gasteiger partial charge in [0.25, 0.3) is 5.91 Å². The normalized spacial score (nSPS) is 19.7. The van der Waals surface area contributed by atoms with E-state index < -0.39 is 0 Å². The van der Waals surface area contributed by atoms with E-state index in [1.807, 2.05) is 19.2 Å². The molecule has 0 radical (unpaired) electrons. The SMILES string of the molecule is CCOc1ccc(C(=O)Nc2nc(CN3CC(C)CC(C)C3)cs2)cc1OCC. The van der Waals surface area contributed by atoms with E-state index in [-0.39, 0.29) is 5.91 Å². The molecule has 29 heavy (non-hydrogen) atoms. The Morgan fingerprint density at radius 1 is 1.17 bits per heavy atom. The van der Waals surface area contributed by atoms with Crippen LogP contribution in [0.15, 0.2) is 23.6 Å². The van der Waals surface area contributed by atoms with Crippen LogP contribution < -0.4 is 14.8 Å². The first-order chi connectivity index (χ1) is 14.0. The molecular weight excluding hydrogens is 386 g/mol. The highest BCUT2D eigenvalue weighted by atomic mass is 32.1. The van der Waals surface area contributed by atoms with Gasteiger partial charge in [-0.2, -0.15) is 0 Å². The fourth-order valence-electron chi connectivity index (χ4n) is 3.95. The second-order valence-electron chi connectivity index (χ2n) is 7.77. The van der Waals surface area contributed by atoms with E-state index in [1.54, 1.807) is 18.2 Å². The molecule has 0 bridgehead atoms. The largest absolute Gasteiger partial charge is 0.490 e. The molecule has 1 aromatic carbocycles. The van der Waals surface area contributed by atoms with E-state index in [4.69, 9.17) is 9.47 Å². The van der Waals surface area contributed by atoms with Crippen molar-refractivity contribution in [1.82, 2.24) is 9.88 Å². The number of benzene rings is 1. The second kappa shape index (κ2) is 10.1.